The van der Waals surface area contributed by atoms with Crippen molar-refractivity contribution in [3.05, 3.63) is 3.74 Å². The summed E-state index contributed by atoms with van der Waals surface area (Å²) >= 11 is 8.64. The van der Waals surface area contributed by atoms with Crippen LogP contribution in [-0.2, 0) is 0 Å². The lowest BCUT2D eigenvalue weighted by molar-refractivity contribution is 1.81. The van der Waals surface area contributed by atoms with Gasteiger partial charge in [-0.05, 0) is 0 Å². The van der Waals surface area contributed by atoms with Crippen molar-refractivity contribution in [1.82, 2.24) is 0 Å². The Morgan fingerprint density at radius 1 is 1.60 bits per heavy atom. The number of halogens is 3. The summed E-state index contributed by atoms with van der Waals surface area (Å²) in [7, 11) is 0. The Labute approximate surface area is 62.1 Å². The maximum atomic E-state index is 3.20. The highest BCUT2D eigenvalue weighted by molar-refractivity contribution is 14.1. The van der Waals surface area contributed by atoms with Crippen LogP contribution >= 0.6 is 54.5 Å². The molecule has 31 valence electrons. The fraction of sp³-hybridized carbons (Fsp3) is 0.500. The third kappa shape index (κ3) is 5.69. The van der Waals surface area contributed by atoms with Gasteiger partial charge in [0.15, 0.2) is 0 Å². The summed E-state index contributed by atoms with van der Waals surface area (Å²) in [6.07, 6.45) is 0. The van der Waals surface area contributed by atoms with Gasteiger partial charge in [0.1, 0.15) is 3.74 Å². The van der Waals surface area contributed by atoms with Gasteiger partial charge in [-0.25, -0.2) is 0 Å². The number of hydrogen-bond donors (Lipinski definition) is 0. The average molecular weight is 313 g/mol. The van der Waals surface area contributed by atoms with E-state index in [1.54, 1.807) is 0 Å². The molecule has 1 radical (unpaired) electrons. The smallest absolute Gasteiger partial charge is 0.0838 e. The first kappa shape index (κ1) is 6.69. The van der Waals surface area contributed by atoms with E-state index < -0.39 is 0 Å². The van der Waals surface area contributed by atoms with E-state index in [1.165, 1.54) is 0 Å². The fourth-order valence-electron chi connectivity index (χ4n) is 0. The van der Waals surface area contributed by atoms with Gasteiger partial charge in [-0.2, -0.15) is 0 Å². The Bertz CT molecular complexity index is 21.6. The second-order valence-electron chi connectivity index (χ2n) is 0.472. The van der Waals surface area contributed by atoms with E-state index in [0.29, 0.717) is 0 Å². The predicted octanol–water partition coefficient (Wildman–Crippen LogP) is 2.70. The van der Waals surface area contributed by atoms with Gasteiger partial charge in [0.2, 0.25) is 0 Å². The van der Waals surface area contributed by atoms with E-state index >= 15 is 0 Å². The lowest BCUT2D eigenvalue weighted by Gasteiger charge is -1.82. The first-order valence-electron chi connectivity index (χ1n) is 0.999. The summed E-state index contributed by atoms with van der Waals surface area (Å²) < 4.78 is 2.14. The zero-order valence-corrected chi connectivity index (χ0v) is 7.67. The van der Waals surface area contributed by atoms with Crippen LogP contribution in [0.5, 0.6) is 0 Å². The summed E-state index contributed by atoms with van der Waals surface area (Å²) in [5.74, 6) is 0. The van der Waals surface area contributed by atoms with E-state index in [1.807, 2.05) is 0 Å². The lowest BCUT2D eigenvalue weighted by atomic mass is 11.0. The van der Waals surface area contributed by atoms with Gasteiger partial charge in [0.05, 0.1) is 0 Å². The maximum Gasteiger partial charge on any atom is 0.115 e. The molecule has 0 bridgehead atoms. The standard InChI is InChI=1S/C2H2Br2I/c3-2(4)1-5/h1H2. The van der Waals surface area contributed by atoms with E-state index in [0.717, 1.165) is 8.16 Å². The van der Waals surface area contributed by atoms with E-state index in [-0.39, 0.29) is 0 Å². The molecule has 0 spiro atoms. The summed E-state index contributed by atoms with van der Waals surface area (Å²) in [5.41, 5.74) is 0. The number of hydrogen-bond acceptors (Lipinski definition) is 0. The van der Waals surface area contributed by atoms with Crippen LogP contribution in [-0.4, -0.2) is 4.43 Å². The first-order chi connectivity index (χ1) is 2.27. The Kier molecular flexibility index (Phi) is 5.17. The molecule has 0 saturated heterocycles. The van der Waals surface area contributed by atoms with Crippen LogP contribution < -0.4 is 0 Å². The fourth-order valence-corrected chi connectivity index (χ4v) is 0. The molecule has 0 unspecified atom stereocenters. The van der Waals surface area contributed by atoms with Gasteiger partial charge < -0.3 is 0 Å². The molecular formula is C2H2Br2I. The van der Waals surface area contributed by atoms with Crippen molar-refractivity contribution in [3.63, 3.8) is 0 Å². The van der Waals surface area contributed by atoms with Crippen molar-refractivity contribution in [3.8, 4) is 0 Å². The van der Waals surface area contributed by atoms with Gasteiger partial charge in [0, 0.05) is 4.43 Å². The van der Waals surface area contributed by atoms with Crippen molar-refractivity contribution in [2.75, 3.05) is 4.43 Å². The Hall–Kier alpha value is 1.69. The molecule has 5 heavy (non-hydrogen) atoms. The van der Waals surface area contributed by atoms with Crippen molar-refractivity contribution >= 4 is 54.5 Å². The van der Waals surface area contributed by atoms with Gasteiger partial charge >= 0.3 is 0 Å². The van der Waals surface area contributed by atoms with Crippen LogP contribution in [0.2, 0.25) is 0 Å². The van der Waals surface area contributed by atoms with Gasteiger partial charge in [0.25, 0.3) is 0 Å². The molecule has 0 saturated carbocycles. The summed E-state index contributed by atoms with van der Waals surface area (Å²) in [6.45, 7) is 0. The molecule has 0 amide bonds. The van der Waals surface area contributed by atoms with Crippen molar-refractivity contribution in [1.29, 1.82) is 0 Å². The molecule has 0 aromatic rings. The zero-order chi connectivity index (χ0) is 4.28. The van der Waals surface area contributed by atoms with Crippen molar-refractivity contribution in [2.45, 2.75) is 0 Å². The SMILES string of the molecule is Br[C](Br)CI. The van der Waals surface area contributed by atoms with Crippen LogP contribution in [0.4, 0.5) is 0 Å². The van der Waals surface area contributed by atoms with Crippen molar-refractivity contribution in [2.24, 2.45) is 0 Å². The molecule has 0 fully saturated rings. The van der Waals surface area contributed by atoms with Crippen LogP contribution in [0.1, 0.15) is 0 Å². The topological polar surface area (TPSA) is 0 Å². The minimum absolute atomic E-state index is 1.03. The van der Waals surface area contributed by atoms with Crippen molar-refractivity contribution < 1.29 is 0 Å². The minimum atomic E-state index is 1.03. The molecule has 0 heterocycles. The van der Waals surface area contributed by atoms with Crippen LogP contribution in [0.25, 0.3) is 0 Å². The van der Waals surface area contributed by atoms with E-state index in [2.05, 4.69) is 54.5 Å². The van der Waals surface area contributed by atoms with E-state index in [4.69, 9.17) is 0 Å². The van der Waals surface area contributed by atoms with Gasteiger partial charge in [-0.15, -0.1) is 0 Å². The maximum absolute atomic E-state index is 3.20. The summed E-state index contributed by atoms with van der Waals surface area (Å²) in [5, 5.41) is 0. The van der Waals surface area contributed by atoms with Crippen LogP contribution in [0.3, 0.4) is 0 Å². The second kappa shape index (κ2) is 3.87. The minimum Gasteiger partial charge on any atom is -0.0838 e. The molecule has 0 N–H and O–H groups in total. The summed E-state index contributed by atoms with van der Waals surface area (Å²) in [6, 6.07) is 0. The molecule has 0 aliphatic rings. The normalized spacial score (nSPS) is 9.60. The van der Waals surface area contributed by atoms with E-state index in [9.17, 15) is 0 Å². The molecule has 0 aromatic carbocycles. The Morgan fingerprint density at radius 2 is 1.80 bits per heavy atom. The van der Waals surface area contributed by atoms with Gasteiger partial charge in [-0.1, -0.05) is 54.5 Å². The molecule has 3 heteroatoms. The molecule has 0 aliphatic carbocycles. The molecule has 0 aliphatic heterocycles. The first-order valence-corrected chi connectivity index (χ1v) is 4.11. The summed E-state index contributed by atoms with van der Waals surface area (Å²) in [4.78, 5) is 0. The second-order valence-corrected chi connectivity index (χ2v) is 4.21. The third-order valence-electron chi connectivity index (χ3n) is 0.101. The monoisotopic (exact) mass is 311 g/mol. The highest BCUT2D eigenvalue weighted by Gasteiger charge is 1.88. The molecular weight excluding hydrogens is 311 g/mol. The predicted molar refractivity (Wildman–Crippen MR) is 40.0 cm³/mol. The Morgan fingerprint density at radius 3 is 1.80 bits per heavy atom. The largest absolute Gasteiger partial charge is 0.115 e. The number of alkyl halides is 1. The lowest BCUT2D eigenvalue weighted by Crippen LogP contribution is -1.66. The molecule has 0 atom stereocenters. The van der Waals surface area contributed by atoms with Crippen LogP contribution in [0, 0.1) is 3.74 Å². The Balaban J connectivity index is 2.54. The number of rotatable bonds is 1. The zero-order valence-electron chi connectivity index (χ0n) is 2.34. The quantitative estimate of drug-likeness (QED) is 0.516. The highest BCUT2D eigenvalue weighted by Crippen LogP contribution is 2.19. The highest BCUT2D eigenvalue weighted by atomic mass is 127. The average Bonchev–Trinajstić information content (AvgIpc) is 1.38. The van der Waals surface area contributed by atoms with Gasteiger partial charge in [-0.3, -0.25) is 0 Å². The molecule has 0 rings (SSSR count). The molecule has 0 nitrogen and oxygen atoms in total. The van der Waals surface area contributed by atoms with Crippen LogP contribution in [0.15, 0.2) is 0 Å². The molecule has 0 aromatic heterocycles. The third-order valence-corrected chi connectivity index (χ3v) is 3.52.